The fourth-order valence-electron chi connectivity index (χ4n) is 7.64. The summed E-state index contributed by atoms with van der Waals surface area (Å²) < 4.78 is 26.3. The molecule has 142 valence electrons. The molecule has 4 rings (SSSR count). The van der Waals surface area contributed by atoms with Gasteiger partial charge in [0, 0.05) is 5.92 Å². The fraction of sp³-hybridized carbons (Fsp3) is 0.950. The molecule has 1 saturated heterocycles. The van der Waals surface area contributed by atoms with E-state index < -0.39 is 15.9 Å². The van der Waals surface area contributed by atoms with Crippen LogP contribution in [0.5, 0.6) is 0 Å². The van der Waals surface area contributed by atoms with Crippen LogP contribution in [0.25, 0.3) is 0 Å². The van der Waals surface area contributed by atoms with Crippen LogP contribution in [0.15, 0.2) is 0 Å². The van der Waals surface area contributed by atoms with Crippen molar-refractivity contribution in [3.05, 3.63) is 0 Å². The van der Waals surface area contributed by atoms with Crippen LogP contribution in [-0.4, -0.2) is 36.4 Å². The Hall–Kier alpha value is -0.420. The molecule has 0 unspecified atom stereocenters. The molecule has 0 aromatic carbocycles. The minimum Gasteiger partial charge on any atom is -0.393 e. The minimum absolute atomic E-state index is 0.0140. The largest absolute Gasteiger partial charge is 0.393 e. The second-order valence-electron chi connectivity index (χ2n) is 9.91. The van der Waals surface area contributed by atoms with Crippen molar-refractivity contribution in [1.82, 2.24) is 0 Å². The Morgan fingerprint density at radius 3 is 2.32 bits per heavy atom. The highest BCUT2D eigenvalue weighted by molar-refractivity contribution is 7.92. The Kier molecular flexibility index (Phi) is 3.98. The number of aliphatic hydroxyl groups is 1. The minimum atomic E-state index is -3.19. The van der Waals surface area contributed by atoms with E-state index in [0.717, 1.165) is 38.5 Å². The number of hydrogen-bond donors (Lipinski definition) is 1. The molecule has 5 heteroatoms. The van der Waals surface area contributed by atoms with Gasteiger partial charge in [0.1, 0.15) is 5.78 Å². The lowest BCUT2D eigenvalue weighted by atomic mass is 9.50. The van der Waals surface area contributed by atoms with Gasteiger partial charge in [-0.2, -0.15) is 0 Å². The van der Waals surface area contributed by atoms with Gasteiger partial charge >= 0.3 is 0 Å². The lowest BCUT2D eigenvalue weighted by molar-refractivity contribution is -0.127. The number of rotatable bonds is 1. The quantitative estimate of drug-likeness (QED) is 0.772. The summed E-state index contributed by atoms with van der Waals surface area (Å²) in [6.45, 7) is 6.14. The normalized spacial score (nSPS) is 54.2. The van der Waals surface area contributed by atoms with Crippen molar-refractivity contribution in [2.75, 3.05) is 5.75 Å². The summed E-state index contributed by atoms with van der Waals surface area (Å²) in [5, 5.41) is 9.70. The van der Waals surface area contributed by atoms with Crippen molar-refractivity contribution in [3.63, 3.8) is 0 Å². The van der Waals surface area contributed by atoms with Crippen LogP contribution >= 0.6 is 0 Å². The standard InChI is InChI=1S/C20H32O4S/c1-12(21)15-4-5-16-14-11-25(23,24)18-10-13(22)6-8-20(18,3)17(14)7-9-19(15,16)2/h13-18,22H,4-11H2,1-3H3/t13-,14+,15-,16+,17+,18+,19-,20-/m1/s1. The second kappa shape index (κ2) is 5.54. The first-order chi connectivity index (χ1) is 11.6. The molecule has 4 aliphatic rings. The molecule has 4 nitrogen and oxygen atoms in total. The predicted octanol–water partition coefficient (Wildman–Crippen LogP) is 2.98. The molecule has 1 heterocycles. The summed E-state index contributed by atoms with van der Waals surface area (Å²) in [5.74, 6) is 1.66. The number of ketones is 1. The van der Waals surface area contributed by atoms with Crippen molar-refractivity contribution in [1.29, 1.82) is 0 Å². The third-order valence-electron chi connectivity index (χ3n) is 8.87. The molecule has 0 amide bonds. The number of carbonyl (C=O) groups is 1. The van der Waals surface area contributed by atoms with Gasteiger partial charge in [-0.05, 0) is 80.5 Å². The molecule has 1 aliphatic heterocycles. The summed E-state index contributed by atoms with van der Waals surface area (Å²) in [6.07, 6.45) is 5.52. The Bertz CT molecular complexity index is 686. The molecule has 4 fully saturated rings. The molecule has 25 heavy (non-hydrogen) atoms. The van der Waals surface area contributed by atoms with Crippen molar-refractivity contribution in [3.8, 4) is 0 Å². The van der Waals surface area contributed by atoms with E-state index in [1.807, 2.05) is 0 Å². The van der Waals surface area contributed by atoms with Gasteiger partial charge in [0.15, 0.2) is 9.84 Å². The number of aliphatic hydroxyl groups excluding tert-OH is 1. The van der Waals surface area contributed by atoms with Gasteiger partial charge < -0.3 is 5.11 Å². The van der Waals surface area contributed by atoms with Crippen LogP contribution in [-0.2, 0) is 14.6 Å². The molecule has 8 atom stereocenters. The first-order valence-electron chi connectivity index (χ1n) is 9.99. The maximum Gasteiger partial charge on any atom is 0.154 e. The van der Waals surface area contributed by atoms with Gasteiger partial charge in [-0.3, -0.25) is 4.79 Å². The third-order valence-corrected chi connectivity index (χ3v) is 11.3. The zero-order chi connectivity index (χ0) is 18.2. The Balaban J connectivity index is 1.72. The maximum atomic E-state index is 13.2. The summed E-state index contributed by atoms with van der Waals surface area (Å²) in [7, 11) is -3.19. The highest BCUT2D eigenvalue weighted by atomic mass is 32.2. The highest BCUT2D eigenvalue weighted by Gasteiger charge is 2.64. The first kappa shape index (κ1) is 18.0. The Morgan fingerprint density at radius 2 is 1.64 bits per heavy atom. The molecule has 0 bridgehead atoms. The predicted molar refractivity (Wildman–Crippen MR) is 96.8 cm³/mol. The molecular formula is C20H32O4S. The zero-order valence-electron chi connectivity index (χ0n) is 15.7. The van der Waals surface area contributed by atoms with Crippen LogP contribution in [0.1, 0.15) is 65.7 Å². The Morgan fingerprint density at radius 1 is 1.00 bits per heavy atom. The summed E-state index contributed by atoms with van der Waals surface area (Å²) in [6, 6.07) is 0. The van der Waals surface area contributed by atoms with Gasteiger partial charge in [0.2, 0.25) is 0 Å². The summed E-state index contributed by atoms with van der Waals surface area (Å²) in [5.41, 5.74) is -0.212. The molecule has 0 aromatic heterocycles. The molecule has 1 N–H and O–H groups in total. The van der Waals surface area contributed by atoms with E-state index in [4.69, 9.17) is 0 Å². The van der Waals surface area contributed by atoms with Crippen molar-refractivity contribution < 1.29 is 18.3 Å². The SMILES string of the molecule is CC(=O)[C@H]1CC[C@H]2[C@@H]3CS(=O)(=O)[C@H]4C[C@H](O)CC[C@]4(C)[C@H]3CC[C@]12C. The third kappa shape index (κ3) is 2.40. The average Bonchev–Trinajstić information content (AvgIpc) is 2.86. The lowest BCUT2D eigenvalue weighted by Crippen LogP contribution is -2.61. The van der Waals surface area contributed by atoms with Crippen LogP contribution in [0.4, 0.5) is 0 Å². The Labute approximate surface area is 151 Å². The highest BCUT2D eigenvalue weighted by Crippen LogP contribution is 2.65. The van der Waals surface area contributed by atoms with E-state index in [2.05, 4.69) is 13.8 Å². The van der Waals surface area contributed by atoms with Gasteiger partial charge in [-0.1, -0.05) is 13.8 Å². The first-order valence-corrected chi connectivity index (χ1v) is 11.7. The average molecular weight is 369 g/mol. The monoisotopic (exact) mass is 368 g/mol. The van der Waals surface area contributed by atoms with E-state index >= 15 is 0 Å². The molecule has 0 radical (unpaired) electrons. The number of carbonyl (C=O) groups excluding carboxylic acids is 1. The number of Topliss-reactive ketones (excluding diaryl/α,β-unsaturated/α-hetero) is 1. The van der Waals surface area contributed by atoms with E-state index in [1.54, 1.807) is 6.92 Å². The van der Waals surface area contributed by atoms with Crippen LogP contribution in [0, 0.1) is 34.5 Å². The fourth-order valence-corrected chi connectivity index (χ4v) is 10.5. The summed E-state index contributed by atoms with van der Waals surface area (Å²) in [4.78, 5) is 12.2. The van der Waals surface area contributed by atoms with Gasteiger partial charge in [-0.15, -0.1) is 0 Å². The van der Waals surface area contributed by atoms with Gasteiger partial charge in [0.05, 0.1) is 17.1 Å². The maximum absolute atomic E-state index is 13.2. The zero-order valence-corrected chi connectivity index (χ0v) is 16.5. The molecule has 3 saturated carbocycles. The van der Waals surface area contributed by atoms with Crippen molar-refractivity contribution in [2.45, 2.75) is 77.1 Å². The van der Waals surface area contributed by atoms with Crippen LogP contribution < -0.4 is 0 Å². The molecule has 0 spiro atoms. The smallest absolute Gasteiger partial charge is 0.154 e. The number of fused-ring (bicyclic) bond motifs is 5. The lowest BCUT2D eigenvalue weighted by Gasteiger charge is -2.60. The van der Waals surface area contributed by atoms with Gasteiger partial charge in [0.25, 0.3) is 0 Å². The van der Waals surface area contributed by atoms with Crippen LogP contribution in [0.3, 0.4) is 0 Å². The number of sulfone groups is 1. The molecule has 0 aromatic rings. The van der Waals surface area contributed by atoms with E-state index in [-0.39, 0.29) is 39.5 Å². The summed E-state index contributed by atoms with van der Waals surface area (Å²) >= 11 is 0. The topological polar surface area (TPSA) is 71.4 Å². The van der Waals surface area contributed by atoms with Crippen LogP contribution in [0.2, 0.25) is 0 Å². The van der Waals surface area contributed by atoms with Crippen molar-refractivity contribution >= 4 is 15.6 Å². The molecule has 3 aliphatic carbocycles. The molecular weight excluding hydrogens is 336 g/mol. The van der Waals surface area contributed by atoms with E-state index in [0.29, 0.717) is 18.3 Å². The number of hydrogen-bond acceptors (Lipinski definition) is 4. The van der Waals surface area contributed by atoms with Crippen molar-refractivity contribution in [2.24, 2.45) is 34.5 Å². The van der Waals surface area contributed by atoms with Gasteiger partial charge in [-0.25, -0.2) is 8.42 Å². The van der Waals surface area contributed by atoms with E-state index in [1.165, 1.54) is 0 Å². The van der Waals surface area contributed by atoms with E-state index in [9.17, 15) is 18.3 Å². The second-order valence-corrected chi connectivity index (χ2v) is 12.1.